The lowest BCUT2D eigenvalue weighted by Crippen LogP contribution is -2.18. The van der Waals surface area contributed by atoms with E-state index in [0.717, 1.165) is 16.9 Å². The zero-order valence-corrected chi connectivity index (χ0v) is 14.9. The van der Waals surface area contributed by atoms with Gasteiger partial charge in [0.05, 0.1) is 27.5 Å². The molecule has 0 spiro atoms. The van der Waals surface area contributed by atoms with E-state index >= 15 is 0 Å². The van der Waals surface area contributed by atoms with E-state index in [0.29, 0.717) is 11.4 Å². The molecule has 0 radical (unpaired) electrons. The van der Waals surface area contributed by atoms with E-state index in [-0.39, 0.29) is 16.4 Å². The molecule has 12 heteroatoms. The zero-order valence-electron chi connectivity index (χ0n) is 14.1. The van der Waals surface area contributed by atoms with Crippen LogP contribution < -0.4 is 5.43 Å². The van der Waals surface area contributed by atoms with Gasteiger partial charge in [-0.15, -0.1) is 0 Å². The third-order valence-corrected chi connectivity index (χ3v) is 4.49. The van der Waals surface area contributed by atoms with Gasteiger partial charge in [-0.1, -0.05) is 23.5 Å². The summed E-state index contributed by atoms with van der Waals surface area (Å²) in [6.07, 6.45) is 2.91. The van der Waals surface area contributed by atoms with Crippen LogP contribution in [0.25, 0.3) is 0 Å². The molecule has 1 amide bonds. The molecule has 0 aliphatic heterocycles. The Labute approximate surface area is 161 Å². The van der Waals surface area contributed by atoms with Crippen molar-refractivity contribution < 1.29 is 14.6 Å². The van der Waals surface area contributed by atoms with E-state index in [1.807, 2.05) is 0 Å². The van der Waals surface area contributed by atoms with Crippen LogP contribution in [0.2, 0.25) is 0 Å². The summed E-state index contributed by atoms with van der Waals surface area (Å²) >= 11 is 0.935. The van der Waals surface area contributed by atoms with Crippen molar-refractivity contribution in [2.24, 2.45) is 5.10 Å². The second kappa shape index (κ2) is 8.18. The molecule has 0 unspecified atom stereocenters. The molecule has 0 atom stereocenters. The lowest BCUT2D eigenvalue weighted by Gasteiger charge is -2.01. The lowest BCUT2D eigenvalue weighted by atomic mass is 10.2. The minimum atomic E-state index is -0.537. The number of nitro groups is 2. The molecular weight excluding hydrogens is 388 g/mol. The molecule has 0 aliphatic carbocycles. The van der Waals surface area contributed by atoms with Crippen LogP contribution in [0.3, 0.4) is 0 Å². The Morgan fingerprint density at radius 2 is 1.89 bits per heavy atom. The molecule has 0 bridgehead atoms. The van der Waals surface area contributed by atoms with Crippen molar-refractivity contribution in [1.82, 2.24) is 15.2 Å². The van der Waals surface area contributed by atoms with Gasteiger partial charge in [-0.25, -0.2) is 5.43 Å². The van der Waals surface area contributed by atoms with E-state index in [1.54, 1.807) is 18.3 Å². The van der Waals surface area contributed by atoms with Gasteiger partial charge in [0.2, 0.25) is 0 Å². The minimum Gasteiger partial charge on any atom is -0.268 e. The maximum Gasteiger partial charge on any atom is 0.324 e. The monoisotopic (exact) mass is 400 g/mol. The third-order valence-electron chi connectivity index (χ3n) is 3.52. The first kappa shape index (κ1) is 18.8. The van der Waals surface area contributed by atoms with E-state index in [2.05, 4.69) is 15.6 Å². The van der Waals surface area contributed by atoms with Crippen molar-refractivity contribution in [2.45, 2.75) is 6.54 Å². The van der Waals surface area contributed by atoms with Gasteiger partial charge in [0.15, 0.2) is 5.69 Å². The molecule has 0 fully saturated rings. The highest BCUT2D eigenvalue weighted by molar-refractivity contribution is 7.16. The van der Waals surface area contributed by atoms with Crippen LogP contribution in [-0.2, 0) is 6.54 Å². The van der Waals surface area contributed by atoms with Crippen molar-refractivity contribution in [3.8, 4) is 0 Å². The highest BCUT2D eigenvalue weighted by Gasteiger charge is 2.11. The van der Waals surface area contributed by atoms with Crippen molar-refractivity contribution >= 4 is 34.1 Å². The van der Waals surface area contributed by atoms with Crippen molar-refractivity contribution in [3.63, 3.8) is 0 Å². The van der Waals surface area contributed by atoms with Gasteiger partial charge >= 0.3 is 5.00 Å². The highest BCUT2D eigenvalue weighted by Crippen LogP contribution is 2.22. The number of thiophene rings is 1. The summed E-state index contributed by atoms with van der Waals surface area (Å²) < 4.78 is 1.52. The first-order valence-electron chi connectivity index (χ1n) is 7.77. The van der Waals surface area contributed by atoms with Gasteiger partial charge in [-0.2, -0.15) is 10.2 Å². The number of nitro benzene ring substituents is 1. The number of carbonyl (C=O) groups excluding carboxylic acids is 1. The second-order valence-electron chi connectivity index (χ2n) is 5.45. The minimum absolute atomic E-state index is 0.00165. The number of carbonyl (C=O) groups is 1. The second-order valence-corrected chi connectivity index (χ2v) is 6.55. The number of benzene rings is 1. The molecule has 3 rings (SSSR count). The molecule has 3 aromatic rings. The summed E-state index contributed by atoms with van der Waals surface area (Å²) in [5.41, 5.74) is 3.22. The predicted molar refractivity (Wildman–Crippen MR) is 100 cm³/mol. The Morgan fingerprint density at radius 1 is 1.14 bits per heavy atom. The Balaban J connectivity index is 1.58. The first-order valence-corrected chi connectivity index (χ1v) is 8.58. The van der Waals surface area contributed by atoms with Crippen LogP contribution in [0.1, 0.15) is 20.9 Å². The number of amides is 1. The number of hydrogen-bond acceptors (Lipinski definition) is 8. The maximum atomic E-state index is 12.1. The molecule has 2 aromatic heterocycles. The lowest BCUT2D eigenvalue weighted by molar-refractivity contribution is -0.384. The molecule has 1 N–H and O–H groups in total. The van der Waals surface area contributed by atoms with Crippen molar-refractivity contribution in [3.05, 3.63) is 85.0 Å². The number of hydrazone groups is 1. The molecule has 2 heterocycles. The maximum absolute atomic E-state index is 12.1. The summed E-state index contributed by atoms with van der Waals surface area (Å²) in [5, 5.41) is 29.2. The Bertz CT molecular complexity index is 1060. The first-order chi connectivity index (χ1) is 13.4. The van der Waals surface area contributed by atoms with Crippen LogP contribution in [0.4, 0.5) is 10.7 Å². The largest absolute Gasteiger partial charge is 0.324 e. The van der Waals surface area contributed by atoms with Gasteiger partial charge in [0.1, 0.15) is 0 Å². The van der Waals surface area contributed by atoms with Gasteiger partial charge in [0.25, 0.3) is 11.6 Å². The topological polar surface area (TPSA) is 146 Å². The fraction of sp³-hybridized carbons (Fsp3) is 0.0625. The number of nitrogens with zero attached hydrogens (tertiary/aromatic N) is 5. The van der Waals surface area contributed by atoms with Crippen LogP contribution >= 0.6 is 11.3 Å². The van der Waals surface area contributed by atoms with Gasteiger partial charge < -0.3 is 0 Å². The molecular formula is C16H12N6O5S. The number of non-ortho nitro benzene ring substituents is 1. The van der Waals surface area contributed by atoms with Gasteiger partial charge in [0, 0.05) is 24.4 Å². The molecule has 0 saturated carbocycles. The summed E-state index contributed by atoms with van der Waals surface area (Å²) in [6.45, 7) is 0.341. The van der Waals surface area contributed by atoms with Crippen molar-refractivity contribution in [2.75, 3.05) is 0 Å². The molecule has 142 valence electrons. The zero-order chi connectivity index (χ0) is 20.1. The van der Waals surface area contributed by atoms with Crippen LogP contribution in [0.15, 0.2) is 53.8 Å². The number of aromatic nitrogens is 2. The average Bonchev–Trinajstić information content (AvgIpc) is 3.32. The molecule has 0 saturated heterocycles. The highest BCUT2D eigenvalue weighted by atomic mass is 32.1. The number of hydrogen-bond donors (Lipinski definition) is 1. The third kappa shape index (κ3) is 4.62. The quantitative estimate of drug-likeness (QED) is 0.366. The van der Waals surface area contributed by atoms with E-state index in [1.165, 1.54) is 41.2 Å². The molecule has 11 nitrogen and oxygen atoms in total. The van der Waals surface area contributed by atoms with Crippen molar-refractivity contribution in [1.29, 1.82) is 0 Å². The Kier molecular flexibility index (Phi) is 5.50. The number of nitrogens with one attached hydrogen (secondary N) is 1. The molecule has 28 heavy (non-hydrogen) atoms. The summed E-state index contributed by atoms with van der Waals surface area (Å²) in [5.74, 6) is -0.537. The van der Waals surface area contributed by atoms with E-state index < -0.39 is 15.8 Å². The van der Waals surface area contributed by atoms with Crippen LogP contribution in [-0.4, -0.2) is 31.7 Å². The SMILES string of the molecule is O=C(NN=Cc1ccc([N+](=O)[O-])s1)c1ccn(Cc2ccc([N+](=O)[O-])cc2)n1. The summed E-state index contributed by atoms with van der Waals surface area (Å²) in [4.78, 5) is 32.9. The Hall–Kier alpha value is -3.93. The smallest absolute Gasteiger partial charge is 0.268 e. The van der Waals surface area contributed by atoms with E-state index in [4.69, 9.17) is 0 Å². The number of rotatable bonds is 7. The predicted octanol–water partition coefficient (Wildman–Crippen LogP) is 2.57. The fourth-order valence-corrected chi connectivity index (χ4v) is 2.90. The normalized spacial score (nSPS) is 10.9. The van der Waals surface area contributed by atoms with Gasteiger partial charge in [-0.05, 0) is 17.7 Å². The van der Waals surface area contributed by atoms with E-state index in [9.17, 15) is 25.0 Å². The molecule has 0 aliphatic rings. The standard InChI is InChI=1S/C16H12N6O5S/c23-16(18-17-9-13-5-6-15(28-13)22(26)27)14-7-8-20(19-14)10-11-1-3-12(4-2-11)21(24)25/h1-9H,10H2,(H,18,23). The fourth-order valence-electron chi connectivity index (χ4n) is 2.20. The van der Waals surface area contributed by atoms with Crippen LogP contribution in [0, 0.1) is 20.2 Å². The molecule has 1 aromatic carbocycles. The average molecular weight is 400 g/mol. The van der Waals surface area contributed by atoms with Gasteiger partial charge in [-0.3, -0.25) is 29.7 Å². The Morgan fingerprint density at radius 3 is 2.54 bits per heavy atom. The summed E-state index contributed by atoms with van der Waals surface area (Å²) in [6, 6.07) is 10.4. The summed E-state index contributed by atoms with van der Waals surface area (Å²) in [7, 11) is 0. The van der Waals surface area contributed by atoms with Crippen LogP contribution in [0.5, 0.6) is 0 Å².